The van der Waals surface area contributed by atoms with Gasteiger partial charge in [0.1, 0.15) is 24.4 Å². The average molecular weight is 344 g/mol. The molecule has 1 aromatic heterocycles. The van der Waals surface area contributed by atoms with E-state index >= 15 is 0 Å². The van der Waals surface area contributed by atoms with Crippen molar-refractivity contribution >= 4 is 11.6 Å². The van der Waals surface area contributed by atoms with Gasteiger partial charge >= 0.3 is 0 Å². The smallest absolute Gasteiger partial charge is 0.167 e. The highest BCUT2D eigenvalue weighted by atomic mass is 35.5. The molecule has 0 saturated heterocycles. The van der Waals surface area contributed by atoms with E-state index in [0.29, 0.717) is 28.0 Å². The number of aromatic nitrogens is 3. The number of hydrogen-bond acceptors (Lipinski definition) is 6. The minimum Gasteiger partial charge on any atom is -0.507 e. The van der Waals surface area contributed by atoms with E-state index in [0.717, 1.165) is 5.56 Å². The standard InChI is InChI=1S/C17H14ClN3O3/c18-12-3-1-11(2-4-12)16-19-10-20-17(21-16)14-6-5-13(9-15(14)23)24-8-7-22/h1-6,9-10,22-23H,7-8H2. The summed E-state index contributed by atoms with van der Waals surface area (Å²) in [5.41, 5.74) is 1.26. The first-order chi connectivity index (χ1) is 11.7. The fraction of sp³-hybridized carbons (Fsp3) is 0.118. The fourth-order valence-electron chi connectivity index (χ4n) is 2.12. The molecule has 122 valence electrons. The first kappa shape index (κ1) is 16.2. The summed E-state index contributed by atoms with van der Waals surface area (Å²) in [7, 11) is 0. The number of phenols is 1. The number of nitrogens with zero attached hydrogens (tertiary/aromatic N) is 3. The molecule has 0 unspecified atom stereocenters. The van der Waals surface area contributed by atoms with Crippen LogP contribution in [0.1, 0.15) is 0 Å². The van der Waals surface area contributed by atoms with E-state index in [1.165, 1.54) is 12.4 Å². The molecule has 2 N–H and O–H groups in total. The van der Waals surface area contributed by atoms with Crippen LogP contribution in [0.2, 0.25) is 5.02 Å². The number of ether oxygens (including phenoxy) is 1. The molecule has 0 aliphatic heterocycles. The zero-order chi connectivity index (χ0) is 16.9. The molecule has 0 fully saturated rings. The van der Waals surface area contributed by atoms with Gasteiger partial charge in [-0.15, -0.1) is 0 Å². The van der Waals surface area contributed by atoms with Crippen LogP contribution in [0.4, 0.5) is 0 Å². The van der Waals surface area contributed by atoms with Gasteiger partial charge in [-0.05, 0) is 36.4 Å². The summed E-state index contributed by atoms with van der Waals surface area (Å²) in [5, 5.41) is 19.6. The van der Waals surface area contributed by atoms with Gasteiger partial charge in [-0.3, -0.25) is 0 Å². The molecule has 6 nitrogen and oxygen atoms in total. The van der Waals surface area contributed by atoms with E-state index in [1.54, 1.807) is 24.3 Å². The van der Waals surface area contributed by atoms with Gasteiger partial charge in [0.05, 0.1) is 12.2 Å². The topological polar surface area (TPSA) is 88.4 Å². The Labute approximate surface area is 143 Å². The quantitative estimate of drug-likeness (QED) is 0.740. The minimum atomic E-state index is -0.0968. The van der Waals surface area contributed by atoms with Gasteiger partial charge in [0.15, 0.2) is 11.6 Å². The summed E-state index contributed by atoms with van der Waals surface area (Å²) in [6.07, 6.45) is 1.39. The summed E-state index contributed by atoms with van der Waals surface area (Å²) >= 11 is 5.88. The number of aliphatic hydroxyl groups is 1. The Kier molecular flexibility index (Phi) is 4.88. The molecule has 0 spiro atoms. The second kappa shape index (κ2) is 7.25. The van der Waals surface area contributed by atoms with Gasteiger partial charge < -0.3 is 14.9 Å². The van der Waals surface area contributed by atoms with Gasteiger partial charge in [-0.1, -0.05) is 11.6 Å². The highest BCUT2D eigenvalue weighted by Gasteiger charge is 2.11. The molecule has 0 atom stereocenters. The van der Waals surface area contributed by atoms with E-state index in [2.05, 4.69) is 15.0 Å². The number of halogens is 1. The van der Waals surface area contributed by atoms with Crippen molar-refractivity contribution in [1.82, 2.24) is 15.0 Å². The maximum Gasteiger partial charge on any atom is 0.167 e. The van der Waals surface area contributed by atoms with Gasteiger partial charge in [0, 0.05) is 16.7 Å². The van der Waals surface area contributed by atoms with Crippen molar-refractivity contribution < 1.29 is 14.9 Å². The van der Waals surface area contributed by atoms with Crippen molar-refractivity contribution in [3.63, 3.8) is 0 Å². The van der Waals surface area contributed by atoms with Crippen LogP contribution in [0.3, 0.4) is 0 Å². The van der Waals surface area contributed by atoms with Crippen LogP contribution in [0, 0.1) is 0 Å². The highest BCUT2D eigenvalue weighted by molar-refractivity contribution is 6.30. The third kappa shape index (κ3) is 3.61. The molecule has 2 aromatic carbocycles. The Balaban J connectivity index is 1.92. The molecule has 24 heavy (non-hydrogen) atoms. The molecule has 1 heterocycles. The summed E-state index contributed by atoms with van der Waals surface area (Å²) in [5.74, 6) is 1.27. The number of aliphatic hydroxyl groups excluding tert-OH is 1. The number of benzene rings is 2. The van der Waals surface area contributed by atoms with Crippen molar-refractivity contribution in [2.75, 3.05) is 13.2 Å². The Hall–Kier alpha value is -2.70. The van der Waals surface area contributed by atoms with Crippen LogP contribution in [-0.4, -0.2) is 38.4 Å². The van der Waals surface area contributed by atoms with Gasteiger partial charge in [0.2, 0.25) is 0 Å². The predicted octanol–water partition coefficient (Wildman–Crippen LogP) is 2.94. The normalized spacial score (nSPS) is 10.6. The van der Waals surface area contributed by atoms with Crippen LogP contribution in [0.5, 0.6) is 11.5 Å². The van der Waals surface area contributed by atoms with Crippen molar-refractivity contribution in [1.29, 1.82) is 0 Å². The van der Waals surface area contributed by atoms with Gasteiger partial charge in [-0.2, -0.15) is 0 Å². The molecule has 0 radical (unpaired) electrons. The van der Waals surface area contributed by atoms with E-state index in [1.807, 2.05) is 12.1 Å². The van der Waals surface area contributed by atoms with Crippen LogP contribution < -0.4 is 4.74 Å². The lowest BCUT2D eigenvalue weighted by atomic mass is 10.1. The molecule has 3 rings (SSSR count). The molecule has 7 heteroatoms. The molecule has 0 bridgehead atoms. The van der Waals surface area contributed by atoms with Crippen molar-refractivity contribution in [2.45, 2.75) is 0 Å². The Bertz CT molecular complexity index is 841. The van der Waals surface area contributed by atoms with Crippen LogP contribution >= 0.6 is 11.6 Å². The molecule has 0 saturated carbocycles. The van der Waals surface area contributed by atoms with Crippen molar-refractivity contribution in [3.8, 4) is 34.3 Å². The van der Waals surface area contributed by atoms with Crippen LogP contribution in [-0.2, 0) is 0 Å². The minimum absolute atomic E-state index is 0.0151. The SMILES string of the molecule is OCCOc1ccc(-c2ncnc(-c3ccc(Cl)cc3)n2)c(O)c1. The third-order valence-corrected chi connectivity index (χ3v) is 3.50. The second-order valence-electron chi connectivity index (χ2n) is 4.89. The first-order valence-electron chi connectivity index (χ1n) is 7.19. The lowest BCUT2D eigenvalue weighted by molar-refractivity contribution is 0.201. The lowest BCUT2D eigenvalue weighted by Crippen LogP contribution is -2.01. The maximum atomic E-state index is 10.2. The number of phenolic OH excluding ortho intramolecular Hbond substituents is 1. The van der Waals surface area contributed by atoms with E-state index in [4.69, 9.17) is 21.4 Å². The third-order valence-electron chi connectivity index (χ3n) is 3.24. The van der Waals surface area contributed by atoms with E-state index in [-0.39, 0.29) is 19.0 Å². The Morgan fingerprint density at radius 1 is 1.00 bits per heavy atom. The Morgan fingerprint density at radius 2 is 1.75 bits per heavy atom. The summed E-state index contributed by atoms with van der Waals surface area (Å²) in [6, 6.07) is 11.9. The van der Waals surface area contributed by atoms with Crippen LogP contribution in [0.25, 0.3) is 22.8 Å². The monoisotopic (exact) mass is 343 g/mol. The number of hydrogen-bond donors (Lipinski definition) is 2. The summed E-state index contributed by atoms with van der Waals surface area (Å²) in [6.45, 7) is 0.0612. The second-order valence-corrected chi connectivity index (χ2v) is 5.33. The summed E-state index contributed by atoms with van der Waals surface area (Å²) in [4.78, 5) is 12.7. The highest BCUT2D eigenvalue weighted by Crippen LogP contribution is 2.31. The lowest BCUT2D eigenvalue weighted by Gasteiger charge is -2.08. The molecule has 0 amide bonds. The zero-order valence-corrected chi connectivity index (χ0v) is 13.3. The van der Waals surface area contributed by atoms with Gasteiger partial charge in [-0.25, -0.2) is 15.0 Å². The molecule has 0 aliphatic rings. The van der Waals surface area contributed by atoms with Crippen molar-refractivity contribution in [3.05, 3.63) is 53.8 Å². The van der Waals surface area contributed by atoms with E-state index in [9.17, 15) is 5.11 Å². The number of aromatic hydroxyl groups is 1. The zero-order valence-electron chi connectivity index (χ0n) is 12.6. The maximum absolute atomic E-state index is 10.2. The first-order valence-corrected chi connectivity index (χ1v) is 7.57. The fourth-order valence-corrected chi connectivity index (χ4v) is 2.24. The van der Waals surface area contributed by atoms with Crippen molar-refractivity contribution in [2.24, 2.45) is 0 Å². The molecule has 0 aliphatic carbocycles. The summed E-state index contributed by atoms with van der Waals surface area (Å²) < 4.78 is 5.26. The van der Waals surface area contributed by atoms with Gasteiger partial charge in [0.25, 0.3) is 0 Å². The largest absolute Gasteiger partial charge is 0.507 e. The molecular formula is C17H14ClN3O3. The average Bonchev–Trinajstić information content (AvgIpc) is 2.61. The predicted molar refractivity (Wildman–Crippen MR) is 90.0 cm³/mol. The molecule has 3 aromatic rings. The van der Waals surface area contributed by atoms with Crippen LogP contribution in [0.15, 0.2) is 48.8 Å². The van der Waals surface area contributed by atoms with E-state index < -0.39 is 0 Å². The number of rotatable bonds is 5. The Morgan fingerprint density at radius 3 is 2.46 bits per heavy atom. The molecular weight excluding hydrogens is 330 g/mol.